The number of aromatic nitrogens is 3. The third-order valence-corrected chi connectivity index (χ3v) is 2.75. The van der Waals surface area contributed by atoms with Crippen molar-refractivity contribution in [2.24, 2.45) is 0 Å². The van der Waals surface area contributed by atoms with Gasteiger partial charge in [0, 0.05) is 12.4 Å². The SMILES string of the molecule is O=c1cnc(C(F)(F)F)cn1-c1ncc(C(F)(F)F)cc1Cl. The standard InChI is InChI=1S/C11H4ClF6N3O/c12-6-1-5(10(13,14)15)2-20-9(6)21-4-7(11(16,17)18)19-3-8(21)22/h1-4H. The smallest absolute Gasteiger partial charge is 0.267 e. The Labute approximate surface area is 123 Å². The zero-order valence-electron chi connectivity index (χ0n) is 10.2. The lowest BCUT2D eigenvalue weighted by atomic mass is 10.2. The summed E-state index contributed by atoms with van der Waals surface area (Å²) in [6, 6.07) is 0.462. The Morgan fingerprint density at radius 1 is 1.00 bits per heavy atom. The van der Waals surface area contributed by atoms with Gasteiger partial charge in [0.15, 0.2) is 11.5 Å². The Kier molecular flexibility index (Phi) is 3.90. The van der Waals surface area contributed by atoms with Gasteiger partial charge in [-0.3, -0.25) is 9.36 Å². The number of hydrogen-bond donors (Lipinski definition) is 0. The molecule has 0 atom stereocenters. The van der Waals surface area contributed by atoms with E-state index < -0.39 is 40.0 Å². The fourth-order valence-electron chi connectivity index (χ4n) is 1.48. The van der Waals surface area contributed by atoms with Crippen LogP contribution in [0, 0.1) is 0 Å². The Hall–Kier alpha value is -2.10. The van der Waals surface area contributed by atoms with Crippen LogP contribution in [-0.2, 0) is 12.4 Å². The molecule has 0 aliphatic carbocycles. The first kappa shape index (κ1) is 16.3. The quantitative estimate of drug-likeness (QED) is 0.746. The first-order valence-corrected chi connectivity index (χ1v) is 5.77. The molecule has 0 aromatic carbocycles. The Morgan fingerprint density at radius 3 is 2.14 bits per heavy atom. The second-order valence-electron chi connectivity index (χ2n) is 4.01. The van der Waals surface area contributed by atoms with Crippen molar-refractivity contribution >= 4 is 11.6 Å². The van der Waals surface area contributed by atoms with Gasteiger partial charge in [-0.15, -0.1) is 0 Å². The summed E-state index contributed by atoms with van der Waals surface area (Å²) in [5, 5.41) is -0.628. The summed E-state index contributed by atoms with van der Waals surface area (Å²) in [5.41, 5.74) is -3.63. The van der Waals surface area contributed by atoms with Crippen LogP contribution in [0.3, 0.4) is 0 Å². The van der Waals surface area contributed by atoms with Crippen molar-refractivity contribution in [3.8, 4) is 5.82 Å². The largest absolute Gasteiger partial charge is 0.434 e. The molecule has 0 saturated heterocycles. The van der Waals surface area contributed by atoms with E-state index in [-0.39, 0.29) is 0 Å². The molecule has 0 amide bonds. The first-order valence-electron chi connectivity index (χ1n) is 5.39. The summed E-state index contributed by atoms with van der Waals surface area (Å²) in [7, 11) is 0. The van der Waals surface area contributed by atoms with Gasteiger partial charge in [-0.1, -0.05) is 11.6 Å². The summed E-state index contributed by atoms with van der Waals surface area (Å²) < 4.78 is 75.5. The second-order valence-corrected chi connectivity index (χ2v) is 4.41. The highest BCUT2D eigenvalue weighted by atomic mass is 35.5. The van der Waals surface area contributed by atoms with E-state index in [2.05, 4.69) is 9.97 Å². The van der Waals surface area contributed by atoms with Crippen LogP contribution in [0.15, 0.2) is 29.5 Å². The molecule has 2 aromatic rings. The maximum Gasteiger partial charge on any atom is 0.434 e. The monoisotopic (exact) mass is 343 g/mol. The molecule has 0 aliphatic rings. The van der Waals surface area contributed by atoms with Gasteiger partial charge in [0.2, 0.25) is 0 Å². The van der Waals surface area contributed by atoms with Crippen LogP contribution in [0.25, 0.3) is 5.82 Å². The van der Waals surface area contributed by atoms with Crippen LogP contribution in [-0.4, -0.2) is 14.5 Å². The van der Waals surface area contributed by atoms with Gasteiger partial charge in [-0.25, -0.2) is 9.97 Å². The van der Waals surface area contributed by atoms with E-state index in [0.717, 1.165) is 0 Å². The zero-order valence-corrected chi connectivity index (χ0v) is 11.0. The number of pyridine rings is 1. The van der Waals surface area contributed by atoms with E-state index in [1.54, 1.807) is 0 Å². The number of halogens is 7. The summed E-state index contributed by atoms with van der Waals surface area (Å²) in [4.78, 5) is 17.8. The zero-order chi connectivity index (χ0) is 16.7. The van der Waals surface area contributed by atoms with Gasteiger partial charge in [0.25, 0.3) is 5.56 Å². The van der Waals surface area contributed by atoms with Crippen molar-refractivity contribution in [3.63, 3.8) is 0 Å². The molecule has 0 radical (unpaired) electrons. The lowest BCUT2D eigenvalue weighted by molar-refractivity contribution is -0.141. The van der Waals surface area contributed by atoms with E-state index in [1.165, 1.54) is 0 Å². The number of nitrogens with zero attached hydrogens (tertiary/aromatic N) is 3. The molecular weight excluding hydrogens is 340 g/mol. The molecular formula is C11H4ClF6N3O. The second kappa shape index (κ2) is 5.27. The van der Waals surface area contributed by atoms with Crippen molar-refractivity contribution < 1.29 is 26.3 Å². The van der Waals surface area contributed by atoms with Gasteiger partial charge in [0.1, 0.15) is 0 Å². The average molecular weight is 344 g/mol. The van der Waals surface area contributed by atoms with Gasteiger partial charge in [-0.05, 0) is 6.07 Å². The number of alkyl halides is 6. The average Bonchev–Trinajstić information content (AvgIpc) is 2.37. The van der Waals surface area contributed by atoms with Crippen molar-refractivity contribution in [2.45, 2.75) is 12.4 Å². The highest BCUT2D eigenvalue weighted by Gasteiger charge is 2.34. The predicted octanol–water partition coefficient (Wildman–Crippen LogP) is 3.32. The molecule has 0 N–H and O–H groups in total. The summed E-state index contributed by atoms with van der Waals surface area (Å²) >= 11 is 5.58. The minimum atomic E-state index is -4.84. The Balaban J connectivity index is 2.60. The molecule has 0 unspecified atom stereocenters. The fourth-order valence-corrected chi connectivity index (χ4v) is 1.74. The maximum atomic E-state index is 12.6. The minimum absolute atomic E-state index is 0.309. The van der Waals surface area contributed by atoms with E-state index in [0.29, 0.717) is 29.2 Å². The molecule has 11 heteroatoms. The van der Waals surface area contributed by atoms with Crippen LogP contribution in [0.1, 0.15) is 11.3 Å². The third kappa shape index (κ3) is 3.21. The molecule has 22 heavy (non-hydrogen) atoms. The van der Waals surface area contributed by atoms with Crippen LogP contribution >= 0.6 is 11.6 Å². The highest BCUT2D eigenvalue weighted by molar-refractivity contribution is 6.32. The Bertz CT molecular complexity index is 768. The van der Waals surface area contributed by atoms with Gasteiger partial charge < -0.3 is 0 Å². The van der Waals surface area contributed by atoms with Gasteiger partial charge >= 0.3 is 12.4 Å². The molecule has 0 bridgehead atoms. The summed E-state index contributed by atoms with van der Waals surface area (Å²) in [6.07, 6.45) is -8.52. The van der Waals surface area contributed by atoms with E-state index in [1.807, 2.05) is 0 Å². The number of rotatable bonds is 1. The highest BCUT2D eigenvalue weighted by Crippen LogP contribution is 2.32. The van der Waals surface area contributed by atoms with Crippen LogP contribution < -0.4 is 5.56 Å². The lowest BCUT2D eigenvalue weighted by Gasteiger charge is -2.12. The van der Waals surface area contributed by atoms with Crippen LogP contribution in [0.5, 0.6) is 0 Å². The molecule has 0 spiro atoms. The minimum Gasteiger partial charge on any atom is -0.267 e. The van der Waals surface area contributed by atoms with Gasteiger partial charge in [0.05, 0.1) is 16.8 Å². The Morgan fingerprint density at radius 2 is 1.64 bits per heavy atom. The molecule has 0 aliphatic heterocycles. The van der Waals surface area contributed by atoms with E-state index >= 15 is 0 Å². The third-order valence-electron chi connectivity index (χ3n) is 2.47. The molecule has 118 valence electrons. The van der Waals surface area contributed by atoms with Gasteiger partial charge in [-0.2, -0.15) is 26.3 Å². The fraction of sp³-hybridized carbons (Fsp3) is 0.182. The van der Waals surface area contributed by atoms with Crippen molar-refractivity contribution in [1.29, 1.82) is 0 Å². The van der Waals surface area contributed by atoms with Crippen LogP contribution in [0.2, 0.25) is 5.02 Å². The van der Waals surface area contributed by atoms with Crippen molar-refractivity contribution in [2.75, 3.05) is 0 Å². The van der Waals surface area contributed by atoms with E-state index in [4.69, 9.17) is 11.6 Å². The topological polar surface area (TPSA) is 47.8 Å². The molecule has 2 aromatic heterocycles. The molecule has 2 heterocycles. The molecule has 4 nitrogen and oxygen atoms in total. The molecule has 0 saturated carbocycles. The van der Waals surface area contributed by atoms with Crippen molar-refractivity contribution in [1.82, 2.24) is 14.5 Å². The summed E-state index contributed by atoms with van der Waals surface area (Å²) in [6.45, 7) is 0. The normalized spacial score (nSPS) is 12.5. The lowest BCUT2D eigenvalue weighted by Crippen LogP contribution is -2.23. The molecule has 0 fully saturated rings. The predicted molar refractivity (Wildman–Crippen MR) is 62.6 cm³/mol. The maximum absolute atomic E-state index is 12.6. The number of hydrogen-bond acceptors (Lipinski definition) is 3. The van der Waals surface area contributed by atoms with Crippen LogP contribution in [0.4, 0.5) is 26.3 Å². The van der Waals surface area contributed by atoms with Crippen molar-refractivity contribution in [3.05, 3.63) is 51.3 Å². The van der Waals surface area contributed by atoms with E-state index in [9.17, 15) is 31.1 Å². The molecule has 2 rings (SSSR count). The first-order chi connectivity index (χ1) is 10.00. The summed E-state index contributed by atoms with van der Waals surface area (Å²) in [5.74, 6) is -0.562.